The zero-order valence-electron chi connectivity index (χ0n) is 20.5. The highest BCUT2D eigenvalue weighted by Gasteiger charge is 2.40. The van der Waals surface area contributed by atoms with E-state index in [-0.39, 0.29) is 0 Å². The number of aliphatic hydroxyl groups excluding tert-OH is 1. The molecule has 0 aromatic heterocycles. The maximum absolute atomic E-state index is 9.37. The first-order valence-corrected chi connectivity index (χ1v) is 13.9. The fourth-order valence-corrected chi connectivity index (χ4v) is 7.66. The smallest absolute Gasteiger partial charge is 0.0578 e. The average Bonchev–Trinajstić information content (AvgIpc) is 2.79. The zero-order chi connectivity index (χ0) is 21.3. The predicted molar refractivity (Wildman–Crippen MR) is 128 cm³/mol. The van der Waals surface area contributed by atoms with E-state index in [4.69, 9.17) is 4.74 Å². The Morgan fingerprint density at radius 1 is 0.667 bits per heavy atom. The van der Waals surface area contributed by atoms with E-state index in [0.717, 1.165) is 54.5 Å². The minimum atomic E-state index is 0.381. The molecule has 0 radical (unpaired) electrons. The Kier molecular flexibility index (Phi) is 10.5. The zero-order valence-corrected chi connectivity index (χ0v) is 20.5. The Labute approximate surface area is 187 Å². The van der Waals surface area contributed by atoms with Crippen LogP contribution in [0.15, 0.2) is 0 Å². The van der Waals surface area contributed by atoms with Gasteiger partial charge in [-0.2, -0.15) is 0 Å². The molecular formula is C28H52O2. The van der Waals surface area contributed by atoms with Gasteiger partial charge in [-0.1, -0.05) is 65.7 Å². The third-order valence-corrected chi connectivity index (χ3v) is 9.51. The molecule has 6 unspecified atom stereocenters. The van der Waals surface area contributed by atoms with E-state index in [9.17, 15) is 5.11 Å². The van der Waals surface area contributed by atoms with Crippen LogP contribution in [0.3, 0.4) is 0 Å². The lowest BCUT2D eigenvalue weighted by Gasteiger charge is -2.46. The van der Waals surface area contributed by atoms with Crippen LogP contribution in [0.5, 0.6) is 0 Å². The maximum Gasteiger partial charge on any atom is 0.0578 e. The van der Waals surface area contributed by atoms with Gasteiger partial charge >= 0.3 is 0 Å². The van der Waals surface area contributed by atoms with Crippen LogP contribution < -0.4 is 0 Å². The molecule has 176 valence electrons. The lowest BCUT2D eigenvalue weighted by molar-refractivity contribution is -0.0462. The summed E-state index contributed by atoms with van der Waals surface area (Å²) in [5, 5.41) is 9.37. The highest BCUT2D eigenvalue weighted by molar-refractivity contribution is 4.90. The SMILES string of the molecule is CCCC1CCC(COC2CCC(C3CCC(CCO)CC3CC)C(CC)C2)CC1. The number of aliphatic hydroxyl groups is 1. The molecule has 6 atom stereocenters. The van der Waals surface area contributed by atoms with Crippen molar-refractivity contribution >= 4 is 0 Å². The molecule has 3 aliphatic rings. The summed E-state index contributed by atoms with van der Waals surface area (Å²) in [6.07, 6.45) is 20.9. The molecule has 0 aliphatic heterocycles. The monoisotopic (exact) mass is 420 g/mol. The highest BCUT2D eigenvalue weighted by Crippen LogP contribution is 2.48. The summed E-state index contributed by atoms with van der Waals surface area (Å²) in [6.45, 7) is 8.58. The van der Waals surface area contributed by atoms with Gasteiger partial charge in [0.15, 0.2) is 0 Å². The summed E-state index contributed by atoms with van der Waals surface area (Å²) in [5.74, 6) is 6.25. The normalized spacial score (nSPS) is 40.4. The Hall–Kier alpha value is -0.0800. The van der Waals surface area contributed by atoms with Crippen LogP contribution in [0.1, 0.15) is 117 Å². The van der Waals surface area contributed by atoms with E-state index in [1.165, 1.54) is 89.9 Å². The first-order chi connectivity index (χ1) is 14.7. The van der Waals surface area contributed by atoms with E-state index in [1.807, 2.05) is 0 Å². The Bertz CT molecular complexity index is 456. The van der Waals surface area contributed by atoms with Crippen LogP contribution in [0.2, 0.25) is 0 Å². The van der Waals surface area contributed by atoms with Crippen molar-refractivity contribution < 1.29 is 9.84 Å². The molecule has 3 aliphatic carbocycles. The maximum atomic E-state index is 9.37. The Balaban J connectivity index is 1.44. The molecule has 2 heteroatoms. The first kappa shape index (κ1) is 24.6. The minimum absolute atomic E-state index is 0.381. The van der Waals surface area contributed by atoms with Gasteiger partial charge in [0.25, 0.3) is 0 Å². The van der Waals surface area contributed by atoms with Gasteiger partial charge in [-0.05, 0) is 92.8 Å². The molecule has 0 spiro atoms. The third kappa shape index (κ3) is 6.71. The lowest BCUT2D eigenvalue weighted by Crippen LogP contribution is -2.39. The van der Waals surface area contributed by atoms with E-state index in [2.05, 4.69) is 20.8 Å². The largest absolute Gasteiger partial charge is 0.396 e. The third-order valence-electron chi connectivity index (χ3n) is 9.51. The molecule has 30 heavy (non-hydrogen) atoms. The molecule has 3 saturated carbocycles. The molecule has 0 aromatic rings. The van der Waals surface area contributed by atoms with Gasteiger partial charge in [0.05, 0.1) is 6.10 Å². The average molecular weight is 421 g/mol. The second kappa shape index (κ2) is 12.8. The van der Waals surface area contributed by atoms with Crippen molar-refractivity contribution in [2.45, 2.75) is 123 Å². The number of hydrogen-bond acceptors (Lipinski definition) is 2. The molecule has 3 fully saturated rings. The van der Waals surface area contributed by atoms with Crippen molar-refractivity contribution in [3.8, 4) is 0 Å². The van der Waals surface area contributed by atoms with E-state index in [0.29, 0.717) is 12.7 Å². The van der Waals surface area contributed by atoms with Gasteiger partial charge in [-0.3, -0.25) is 0 Å². The molecule has 0 heterocycles. The number of hydrogen-bond donors (Lipinski definition) is 1. The van der Waals surface area contributed by atoms with Gasteiger partial charge < -0.3 is 9.84 Å². The van der Waals surface area contributed by atoms with Gasteiger partial charge in [0.2, 0.25) is 0 Å². The highest BCUT2D eigenvalue weighted by atomic mass is 16.5. The van der Waals surface area contributed by atoms with Gasteiger partial charge in [-0.25, -0.2) is 0 Å². The van der Waals surface area contributed by atoms with Crippen LogP contribution in [0.25, 0.3) is 0 Å². The van der Waals surface area contributed by atoms with Crippen LogP contribution >= 0.6 is 0 Å². The summed E-state index contributed by atoms with van der Waals surface area (Å²) in [7, 11) is 0. The molecule has 2 nitrogen and oxygen atoms in total. The standard InChI is InChI=1S/C28H52O2/c1-4-7-21-8-10-23(11-9-21)20-30-26-13-15-28(25(6-3)19-26)27-14-12-22(16-17-29)18-24(27)5-2/h21-29H,4-20H2,1-3H3. The number of ether oxygens (including phenoxy) is 1. The van der Waals surface area contributed by atoms with Crippen LogP contribution in [-0.4, -0.2) is 24.4 Å². The lowest BCUT2D eigenvalue weighted by atomic mass is 9.60. The Morgan fingerprint density at radius 2 is 1.27 bits per heavy atom. The van der Waals surface area contributed by atoms with E-state index in [1.54, 1.807) is 0 Å². The number of rotatable bonds is 10. The summed E-state index contributed by atoms with van der Waals surface area (Å²) >= 11 is 0. The first-order valence-electron chi connectivity index (χ1n) is 13.9. The topological polar surface area (TPSA) is 29.5 Å². The van der Waals surface area contributed by atoms with Crippen molar-refractivity contribution in [1.82, 2.24) is 0 Å². The van der Waals surface area contributed by atoms with Crippen molar-refractivity contribution in [2.75, 3.05) is 13.2 Å². The predicted octanol–water partition coefficient (Wildman–Crippen LogP) is 7.63. The molecule has 0 saturated heterocycles. The summed E-state index contributed by atoms with van der Waals surface area (Å²) < 4.78 is 6.56. The van der Waals surface area contributed by atoms with Gasteiger partial charge in [0.1, 0.15) is 0 Å². The quantitative estimate of drug-likeness (QED) is 0.393. The summed E-state index contributed by atoms with van der Waals surface area (Å²) in [5.41, 5.74) is 0. The van der Waals surface area contributed by atoms with Crippen LogP contribution in [0.4, 0.5) is 0 Å². The van der Waals surface area contributed by atoms with Crippen LogP contribution in [0, 0.1) is 41.4 Å². The van der Waals surface area contributed by atoms with Crippen LogP contribution in [-0.2, 0) is 4.74 Å². The van der Waals surface area contributed by atoms with Gasteiger partial charge in [-0.15, -0.1) is 0 Å². The van der Waals surface area contributed by atoms with Crippen molar-refractivity contribution in [3.63, 3.8) is 0 Å². The fourth-order valence-electron chi connectivity index (χ4n) is 7.66. The van der Waals surface area contributed by atoms with Crippen molar-refractivity contribution in [2.24, 2.45) is 41.4 Å². The second-order valence-corrected chi connectivity index (χ2v) is 11.3. The summed E-state index contributed by atoms with van der Waals surface area (Å²) in [4.78, 5) is 0. The van der Waals surface area contributed by atoms with E-state index < -0.39 is 0 Å². The van der Waals surface area contributed by atoms with Crippen molar-refractivity contribution in [1.29, 1.82) is 0 Å². The molecule has 1 N–H and O–H groups in total. The molecule has 0 bridgehead atoms. The van der Waals surface area contributed by atoms with Crippen molar-refractivity contribution in [3.05, 3.63) is 0 Å². The Morgan fingerprint density at radius 3 is 1.90 bits per heavy atom. The second-order valence-electron chi connectivity index (χ2n) is 11.3. The summed E-state index contributed by atoms with van der Waals surface area (Å²) in [6, 6.07) is 0. The molecule has 0 aromatic carbocycles. The molecule has 3 rings (SSSR count). The molecule has 0 amide bonds. The molecular weight excluding hydrogens is 368 g/mol. The fraction of sp³-hybridized carbons (Fsp3) is 1.00. The minimum Gasteiger partial charge on any atom is -0.396 e. The van der Waals surface area contributed by atoms with E-state index >= 15 is 0 Å². The van der Waals surface area contributed by atoms with Gasteiger partial charge in [0, 0.05) is 13.2 Å².